The topological polar surface area (TPSA) is 52.6 Å². The number of carbonyl (C=O) groups is 2. The van der Waals surface area contributed by atoms with Gasteiger partial charge in [-0.2, -0.15) is 0 Å². The lowest BCUT2D eigenvalue weighted by Gasteiger charge is -2.14. The summed E-state index contributed by atoms with van der Waals surface area (Å²) in [6, 6.07) is 0. The van der Waals surface area contributed by atoms with Gasteiger partial charge in [0.25, 0.3) is 0 Å². The van der Waals surface area contributed by atoms with Crippen LogP contribution < -0.4 is 0 Å². The number of unbranched alkanes of at least 4 members (excludes halogenated alkanes) is 3. The Morgan fingerprint density at radius 1 is 0.826 bits per heavy atom. The molecular formula is C19H34O4. The fourth-order valence-corrected chi connectivity index (χ4v) is 1.97. The Balaban J connectivity index is 4.93. The Morgan fingerprint density at radius 3 is 1.83 bits per heavy atom. The predicted octanol–water partition coefficient (Wildman–Crippen LogP) is 4.67. The van der Waals surface area contributed by atoms with E-state index < -0.39 is 5.97 Å². The molecule has 0 aromatic carbocycles. The molecule has 0 N–H and O–H groups in total. The summed E-state index contributed by atoms with van der Waals surface area (Å²) in [5.41, 5.74) is 0.853. The summed E-state index contributed by atoms with van der Waals surface area (Å²) >= 11 is 0. The highest BCUT2D eigenvalue weighted by molar-refractivity contribution is 5.99. The number of hydrogen-bond acceptors (Lipinski definition) is 4. The SMILES string of the molecule is CCCCCC/C(C(=O)OCC(C)C)=C(\C)C(=O)OCC(C)C. The van der Waals surface area contributed by atoms with E-state index in [-0.39, 0.29) is 17.8 Å². The third-order valence-electron chi connectivity index (χ3n) is 3.38. The molecular weight excluding hydrogens is 292 g/mol. The largest absolute Gasteiger partial charge is 0.462 e. The first-order valence-electron chi connectivity index (χ1n) is 8.83. The molecule has 0 saturated heterocycles. The first-order chi connectivity index (χ1) is 10.8. The van der Waals surface area contributed by atoms with Crippen LogP contribution in [0.2, 0.25) is 0 Å². The van der Waals surface area contributed by atoms with Crippen LogP contribution in [-0.4, -0.2) is 25.2 Å². The summed E-state index contributed by atoms with van der Waals surface area (Å²) in [6.07, 6.45) is 4.76. The second-order valence-electron chi connectivity index (χ2n) is 6.90. The lowest BCUT2D eigenvalue weighted by atomic mass is 10.0. The van der Waals surface area contributed by atoms with Gasteiger partial charge in [0.15, 0.2) is 0 Å². The highest BCUT2D eigenvalue weighted by atomic mass is 16.5. The van der Waals surface area contributed by atoms with Gasteiger partial charge in [0.05, 0.1) is 13.2 Å². The van der Waals surface area contributed by atoms with Gasteiger partial charge in [0, 0.05) is 11.1 Å². The molecule has 0 aliphatic carbocycles. The molecule has 0 spiro atoms. The van der Waals surface area contributed by atoms with E-state index in [1.807, 2.05) is 27.7 Å². The van der Waals surface area contributed by atoms with Gasteiger partial charge in [0.2, 0.25) is 0 Å². The van der Waals surface area contributed by atoms with Gasteiger partial charge in [-0.15, -0.1) is 0 Å². The number of carbonyl (C=O) groups excluding carboxylic acids is 2. The first-order valence-corrected chi connectivity index (χ1v) is 8.83. The molecule has 0 aromatic heterocycles. The summed E-state index contributed by atoms with van der Waals surface area (Å²) in [7, 11) is 0. The minimum absolute atomic E-state index is 0.271. The van der Waals surface area contributed by atoms with Crippen LogP contribution in [0.3, 0.4) is 0 Å². The fourth-order valence-electron chi connectivity index (χ4n) is 1.97. The van der Waals surface area contributed by atoms with Gasteiger partial charge in [-0.25, -0.2) is 9.59 Å². The summed E-state index contributed by atoms with van der Waals surface area (Å²) in [6.45, 7) is 12.5. The number of rotatable bonds is 11. The average molecular weight is 326 g/mol. The normalized spacial score (nSPS) is 12.3. The van der Waals surface area contributed by atoms with E-state index in [9.17, 15) is 9.59 Å². The number of ether oxygens (including phenoxy) is 2. The second-order valence-corrected chi connectivity index (χ2v) is 6.90. The van der Waals surface area contributed by atoms with Crippen LogP contribution >= 0.6 is 0 Å². The monoisotopic (exact) mass is 326 g/mol. The molecule has 23 heavy (non-hydrogen) atoms. The quantitative estimate of drug-likeness (QED) is 0.314. The van der Waals surface area contributed by atoms with Crippen LogP contribution in [0.5, 0.6) is 0 Å². The Morgan fingerprint density at radius 2 is 1.35 bits per heavy atom. The molecule has 4 heteroatoms. The second kappa shape index (κ2) is 12.1. The van der Waals surface area contributed by atoms with Crippen LogP contribution in [0.15, 0.2) is 11.1 Å². The molecule has 0 atom stereocenters. The Hall–Kier alpha value is -1.32. The van der Waals surface area contributed by atoms with Gasteiger partial charge in [-0.05, 0) is 31.6 Å². The molecule has 0 aliphatic rings. The molecule has 4 nitrogen and oxygen atoms in total. The van der Waals surface area contributed by atoms with Crippen molar-refractivity contribution in [1.82, 2.24) is 0 Å². The minimum Gasteiger partial charge on any atom is -0.462 e. The zero-order valence-corrected chi connectivity index (χ0v) is 15.7. The van der Waals surface area contributed by atoms with Crippen LogP contribution in [-0.2, 0) is 19.1 Å². The van der Waals surface area contributed by atoms with E-state index in [0.717, 1.165) is 25.7 Å². The van der Waals surface area contributed by atoms with Gasteiger partial charge in [-0.3, -0.25) is 0 Å². The van der Waals surface area contributed by atoms with Crippen LogP contribution in [0.4, 0.5) is 0 Å². The summed E-state index contributed by atoms with van der Waals surface area (Å²) in [5.74, 6) is -0.249. The maximum atomic E-state index is 12.3. The van der Waals surface area contributed by atoms with E-state index in [1.165, 1.54) is 0 Å². The van der Waals surface area contributed by atoms with E-state index >= 15 is 0 Å². The van der Waals surface area contributed by atoms with Gasteiger partial charge < -0.3 is 9.47 Å². The molecule has 0 aromatic rings. The van der Waals surface area contributed by atoms with Gasteiger partial charge >= 0.3 is 11.9 Å². The summed E-state index contributed by atoms with van der Waals surface area (Å²) in [4.78, 5) is 24.4. The van der Waals surface area contributed by atoms with E-state index in [1.54, 1.807) is 6.92 Å². The van der Waals surface area contributed by atoms with Crippen molar-refractivity contribution in [1.29, 1.82) is 0 Å². The van der Waals surface area contributed by atoms with Gasteiger partial charge in [-0.1, -0.05) is 53.9 Å². The Bertz CT molecular complexity index is 394. The predicted molar refractivity (Wildman–Crippen MR) is 93.1 cm³/mol. The van der Waals surface area contributed by atoms with Crippen molar-refractivity contribution in [3.63, 3.8) is 0 Å². The molecule has 0 unspecified atom stereocenters. The molecule has 0 heterocycles. The molecule has 0 aliphatic heterocycles. The Kier molecular flexibility index (Phi) is 11.4. The minimum atomic E-state index is -0.411. The highest BCUT2D eigenvalue weighted by Gasteiger charge is 2.20. The van der Waals surface area contributed by atoms with Crippen LogP contribution in [0, 0.1) is 11.8 Å². The standard InChI is InChI=1S/C19H34O4/c1-7-8-9-10-11-17(19(21)23-13-15(4)5)16(6)18(20)22-12-14(2)3/h14-15H,7-13H2,1-6H3/b17-16-. The van der Waals surface area contributed by atoms with Crippen molar-refractivity contribution in [2.45, 2.75) is 73.6 Å². The molecule has 0 radical (unpaired) electrons. The van der Waals surface area contributed by atoms with Gasteiger partial charge in [0.1, 0.15) is 0 Å². The average Bonchev–Trinajstić information content (AvgIpc) is 2.49. The third kappa shape index (κ3) is 10.1. The van der Waals surface area contributed by atoms with Crippen molar-refractivity contribution >= 4 is 11.9 Å². The zero-order valence-electron chi connectivity index (χ0n) is 15.7. The molecule has 134 valence electrons. The maximum Gasteiger partial charge on any atom is 0.334 e. The molecule has 0 fully saturated rings. The molecule has 0 rings (SSSR count). The molecule has 0 bridgehead atoms. The van der Waals surface area contributed by atoms with Crippen molar-refractivity contribution in [2.24, 2.45) is 11.8 Å². The van der Waals surface area contributed by atoms with E-state index in [0.29, 0.717) is 30.8 Å². The van der Waals surface area contributed by atoms with E-state index in [4.69, 9.17) is 9.47 Å². The van der Waals surface area contributed by atoms with Crippen molar-refractivity contribution in [3.8, 4) is 0 Å². The number of hydrogen-bond donors (Lipinski definition) is 0. The number of esters is 2. The van der Waals surface area contributed by atoms with Crippen LogP contribution in [0.1, 0.15) is 73.6 Å². The zero-order chi connectivity index (χ0) is 17.8. The summed E-state index contributed by atoms with van der Waals surface area (Å²) < 4.78 is 10.6. The lowest BCUT2D eigenvalue weighted by Crippen LogP contribution is -2.18. The maximum absolute atomic E-state index is 12.3. The fraction of sp³-hybridized carbons (Fsp3) is 0.789. The third-order valence-corrected chi connectivity index (χ3v) is 3.38. The smallest absolute Gasteiger partial charge is 0.334 e. The van der Waals surface area contributed by atoms with Crippen molar-refractivity contribution in [2.75, 3.05) is 13.2 Å². The Labute approximate surface area is 141 Å². The van der Waals surface area contributed by atoms with Crippen LogP contribution in [0.25, 0.3) is 0 Å². The summed E-state index contributed by atoms with van der Waals surface area (Å²) in [5, 5.41) is 0. The lowest BCUT2D eigenvalue weighted by molar-refractivity contribution is -0.143. The van der Waals surface area contributed by atoms with Crippen molar-refractivity contribution in [3.05, 3.63) is 11.1 Å². The molecule has 0 amide bonds. The molecule has 0 saturated carbocycles. The first kappa shape index (κ1) is 21.7. The highest BCUT2D eigenvalue weighted by Crippen LogP contribution is 2.18. The van der Waals surface area contributed by atoms with Crippen molar-refractivity contribution < 1.29 is 19.1 Å². The van der Waals surface area contributed by atoms with E-state index in [2.05, 4.69) is 6.92 Å².